The van der Waals surface area contributed by atoms with E-state index in [-0.39, 0.29) is 17.9 Å². The second kappa shape index (κ2) is 6.11. The summed E-state index contributed by atoms with van der Waals surface area (Å²) in [6.07, 6.45) is 3.32. The summed E-state index contributed by atoms with van der Waals surface area (Å²) in [7, 11) is 0. The monoisotopic (exact) mass is 347 g/mol. The van der Waals surface area contributed by atoms with Crippen molar-refractivity contribution in [1.29, 1.82) is 0 Å². The number of nitrogens with one attached hydrogen (secondary N) is 2. The molecule has 3 aromatic heterocycles. The third-order valence-electron chi connectivity index (χ3n) is 4.43. The lowest BCUT2D eigenvalue weighted by atomic mass is 10.1. The molecule has 0 saturated heterocycles. The summed E-state index contributed by atoms with van der Waals surface area (Å²) in [4.78, 5) is 33.9. The van der Waals surface area contributed by atoms with E-state index in [4.69, 9.17) is 0 Å². The number of carbonyl (C=O) groups is 1. The molecule has 0 unspecified atom stereocenters. The normalized spacial score (nSPS) is 11.2. The number of aromatic nitrogens is 4. The Morgan fingerprint density at radius 1 is 1.23 bits per heavy atom. The SMILES string of the molecule is Cc1nc2cc[nH]n2c(=O)c1CC(=O)Nc1ccc(C)c2ncccc12. The highest BCUT2D eigenvalue weighted by molar-refractivity contribution is 6.02. The van der Waals surface area contributed by atoms with Gasteiger partial charge in [0.05, 0.1) is 17.6 Å². The summed E-state index contributed by atoms with van der Waals surface area (Å²) in [5, 5.41) is 6.57. The molecule has 4 rings (SSSR count). The van der Waals surface area contributed by atoms with Gasteiger partial charge in [0.15, 0.2) is 5.65 Å². The van der Waals surface area contributed by atoms with Gasteiger partial charge in [-0.1, -0.05) is 6.07 Å². The summed E-state index contributed by atoms with van der Waals surface area (Å²) in [5.74, 6) is -0.271. The number of amides is 1. The maximum absolute atomic E-state index is 12.6. The first kappa shape index (κ1) is 16.0. The number of carbonyl (C=O) groups excluding carboxylic acids is 1. The van der Waals surface area contributed by atoms with Crippen LogP contribution in [-0.2, 0) is 11.2 Å². The number of nitrogens with zero attached hydrogens (tertiary/aromatic N) is 3. The fourth-order valence-electron chi connectivity index (χ4n) is 3.09. The first-order chi connectivity index (χ1) is 12.5. The topological polar surface area (TPSA) is 92.2 Å². The molecule has 0 aliphatic heterocycles. The molecule has 0 atom stereocenters. The van der Waals surface area contributed by atoms with Gasteiger partial charge >= 0.3 is 0 Å². The average molecular weight is 347 g/mol. The van der Waals surface area contributed by atoms with Gasteiger partial charge in [-0.05, 0) is 37.6 Å². The average Bonchev–Trinajstić information content (AvgIpc) is 3.10. The number of H-pyrrole nitrogens is 1. The lowest BCUT2D eigenvalue weighted by Gasteiger charge is -2.10. The molecule has 3 heterocycles. The fourth-order valence-corrected chi connectivity index (χ4v) is 3.09. The molecule has 2 N–H and O–H groups in total. The number of hydrogen-bond donors (Lipinski definition) is 2. The van der Waals surface area contributed by atoms with Gasteiger partial charge in [0.1, 0.15) is 0 Å². The number of fused-ring (bicyclic) bond motifs is 2. The van der Waals surface area contributed by atoms with E-state index in [0.29, 0.717) is 22.6 Å². The molecular formula is C19H17N5O2. The number of anilines is 1. The zero-order valence-electron chi connectivity index (χ0n) is 14.4. The molecule has 1 aromatic carbocycles. The van der Waals surface area contributed by atoms with Crippen molar-refractivity contribution in [3.8, 4) is 0 Å². The van der Waals surface area contributed by atoms with Crippen molar-refractivity contribution in [1.82, 2.24) is 19.6 Å². The molecule has 1 amide bonds. The highest BCUT2D eigenvalue weighted by atomic mass is 16.2. The fraction of sp³-hybridized carbons (Fsp3) is 0.158. The van der Waals surface area contributed by atoms with E-state index < -0.39 is 0 Å². The molecule has 7 nitrogen and oxygen atoms in total. The van der Waals surface area contributed by atoms with Gasteiger partial charge in [-0.2, -0.15) is 0 Å². The van der Waals surface area contributed by atoms with Crippen molar-refractivity contribution in [3.63, 3.8) is 0 Å². The van der Waals surface area contributed by atoms with Crippen molar-refractivity contribution in [3.05, 3.63) is 69.9 Å². The van der Waals surface area contributed by atoms with Gasteiger partial charge in [0.25, 0.3) is 5.56 Å². The van der Waals surface area contributed by atoms with Crippen LogP contribution in [0.1, 0.15) is 16.8 Å². The Balaban J connectivity index is 1.67. The number of aryl methyl sites for hydroxylation is 2. The van der Waals surface area contributed by atoms with Crippen molar-refractivity contribution in [2.45, 2.75) is 20.3 Å². The standard InChI is InChI=1S/C19H17N5O2/c1-11-5-6-15(13-4-3-8-20-18(11)13)23-17(25)10-14-12(2)22-16-7-9-21-24(16)19(14)26/h3-9,21H,10H2,1-2H3,(H,23,25). The van der Waals surface area contributed by atoms with Crippen LogP contribution >= 0.6 is 0 Å². The maximum Gasteiger partial charge on any atom is 0.276 e. The summed E-state index contributed by atoms with van der Waals surface area (Å²) in [6.45, 7) is 3.71. The highest BCUT2D eigenvalue weighted by Gasteiger charge is 2.15. The van der Waals surface area contributed by atoms with Crippen LogP contribution in [0.15, 0.2) is 47.5 Å². The molecule has 0 aliphatic carbocycles. The number of hydrogen-bond acceptors (Lipinski definition) is 4. The second-order valence-corrected chi connectivity index (χ2v) is 6.19. The van der Waals surface area contributed by atoms with E-state index in [1.807, 2.05) is 31.2 Å². The number of rotatable bonds is 3. The Morgan fingerprint density at radius 2 is 2.08 bits per heavy atom. The van der Waals surface area contributed by atoms with Gasteiger partial charge in [-0.15, -0.1) is 0 Å². The number of pyridine rings is 1. The molecule has 26 heavy (non-hydrogen) atoms. The molecule has 0 saturated carbocycles. The minimum Gasteiger partial charge on any atom is -0.325 e. The van der Waals surface area contributed by atoms with E-state index in [0.717, 1.165) is 16.5 Å². The molecule has 0 spiro atoms. The first-order valence-electron chi connectivity index (χ1n) is 8.24. The quantitative estimate of drug-likeness (QED) is 0.595. The van der Waals surface area contributed by atoms with Crippen LogP contribution in [0.2, 0.25) is 0 Å². The third kappa shape index (κ3) is 2.63. The molecule has 0 fully saturated rings. The molecule has 0 aliphatic rings. The maximum atomic E-state index is 12.6. The van der Waals surface area contributed by atoms with E-state index in [1.54, 1.807) is 25.4 Å². The molecule has 7 heteroatoms. The molecule has 130 valence electrons. The van der Waals surface area contributed by atoms with Crippen LogP contribution in [0, 0.1) is 13.8 Å². The van der Waals surface area contributed by atoms with E-state index in [1.165, 1.54) is 4.52 Å². The van der Waals surface area contributed by atoms with Gasteiger partial charge in [0.2, 0.25) is 5.91 Å². The first-order valence-corrected chi connectivity index (χ1v) is 8.24. The van der Waals surface area contributed by atoms with Gasteiger partial charge in [-0.3, -0.25) is 19.7 Å². The van der Waals surface area contributed by atoms with Crippen molar-refractivity contribution in [2.24, 2.45) is 0 Å². The van der Waals surface area contributed by atoms with Crippen LogP contribution in [0.4, 0.5) is 5.69 Å². The predicted molar refractivity (Wildman–Crippen MR) is 99.4 cm³/mol. The minimum absolute atomic E-state index is 0.0464. The summed E-state index contributed by atoms with van der Waals surface area (Å²) in [5.41, 5.74) is 3.76. The van der Waals surface area contributed by atoms with Crippen molar-refractivity contribution in [2.75, 3.05) is 5.32 Å². The predicted octanol–water partition coefficient (Wildman–Crippen LogP) is 2.37. The van der Waals surface area contributed by atoms with Crippen LogP contribution in [0.5, 0.6) is 0 Å². The van der Waals surface area contributed by atoms with Gasteiger partial charge in [-0.25, -0.2) is 9.50 Å². The highest BCUT2D eigenvalue weighted by Crippen LogP contribution is 2.24. The summed E-state index contributed by atoms with van der Waals surface area (Å²) >= 11 is 0. The summed E-state index contributed by atoms with van der Waals surface area (Å²) < 4.78 is 1.33. The van der Waals surface area contributed by atoms with Crippen LogP contribution < -0.4 is 10.9 Å². The Bertz CT molecular complexity index is 1210. The molecule has 0 radical (unpaired) electrons. The zero-order chi connectivity index (χ0) is 18.3. The van der Waals surface area contributed by atoms with E-state index in [2.05, 4.69) is 20.4 Å². The zero-order valence-corrected chi connectivity index (χ0v) is 14.4. The Labute approximate surface area is 148 Å². The second-order valence-electron chi connectivity index (χ2n) is 6.19. The van der Waals surface area contributed by atoms with Crippen LogP contribution in [0.25, 0.3) is 16.6 Å². The minimum atomic E-state index is -0.271. The summed E-state index contributed by atoms with van der Waals surface area (Å²) in [6, 6.07) is 9.22. The van der Waals surface area contributed by atoms with Crippen molar-refractivity contribution < 1.29 is 4.79 Å². The largest absolute Gasteiger partial charge is 0.325 e. The van der Waals surface area contributed by atoms with Gasteiger partial charge < -0.3 is 5.32 Å². The number of benzene rings is 1. The Kier molecular flexibility index (Phi) is 3.76. The van der Waals surface area contributed by atoms with Crippen molar-refractivity contribution >= 4 is 28.1 Å². The van der Waals surface area contributed by atoms with Crippen LogP contribution in [-0.4, -0.2) is 25.5 Å². The molecular weight excluding hydrogens is 330 g/mol. The lowest BCUT2D eigenvalue weighted by Crippen LogP contribution is -2.26. The number of aromatic amines is 1. The van der Waals surface area contributed by atoms with E-state index >= 15 is 0 Å². The Hall–Kier alpha value is -3.48. The third-order valence-corrected chi connectivity index (χ3v) is 4.43. The molecule has 4 aromatic rings. The Morgan fingerprint density at radius 3 is 2.92 bits per heavy atom. The van der Waals surface area contributed by atoms with Crippen LogP contribution in [0.3, 0.4) is 0 Å². The van der Waals surface area contributed by atoms with Gasteiger partial charge in [0, 0.05) is 35.1 Å². The van der Waals surface area contributed by atoms with E-state index in [9.17, 15) is 9.59 Å². The smallest absolute Gasteiger partial charge is 0.276 e. The lowest BCUT2D eigenvalue weighted by molar-refractivity contribution is -0.115. The molecule has 0 bridgehead atoms.